The maximum atomic E-state index is 3.00. The van der Waals surface area contributed by atoms with Gasteiger partial charge in [-0.25, -0.2) is 0 Å². The number of hydrogen-bond acceptors (Lipinski definition) is 2. The second-order valence-corrected chi connectivity index (χ2v) is 11.8. The van der Waals surface area contributed by atoms with Crippen LogP contribution in [0.3, 0.4) is 0 Å². The second-order valence-electron chi connectivity index (χ2n) is 11.8. The molecule has 0 radical (unpaired) electrons. The van der Waals surface area contributed by atoms with Crippen LogP contribution in [0.4, 0.5) is 0 Å². The lowest BCUT2D eigenvalue weighted by Crippen LogP contribution is -2.66. The fraction of sp³-hybridized carbons (Fsp3) is 0.862. The standard InChI is InChI=1S/C29H48N2/c1-2-5-9-13-17-29-23-30(18-14-10-6-3-1)22-26-20-25-16-12-8-4-7-11-15-19-31(24-29)28(25)21-27(26)29/h4,8,16,26-28H,1-3,5-7,9-15,17-24H2/b8-4+,25-16-/t26-,27+,28-,29-/m1/s1. The molecular weight excluding hydrogens is 376 g/mol. The summed E-state index contributed by atoms with van der Waals surface area (Å²) in [6.45, 7) is 6.93. The summed E-state index contributed by atoms with van der Waals surface area (Å²) in [4.78, 5) is 5.95. The average molecular weight is 425 g/mol. The molecule has 174 valence electrons. The van der Waals surface area contributed by atoms with Gasteiger partial charge in [-0.15, -0.1) is 0 Å². The van der Waals surface area contributed by atoms with E-state index in [1.54, 1.807) is 0 Å². The highest BCUT2D eigenvalue weighted by molar-refractivity contribution is 5.23. The largest absolute Gasteiger partial charge is 0.302 e. The van der Waals surface area contributed by atoms with Gasteiger partial charge in [-0.1, -0.05) is 75.2 Å². The number of allylic oxidation sites excluding steroid dienone is 3. The van der Waals surface area contributed by atoms with E-state index >= 15 is 0 Å². The second kappa shape index (κ2) is 10.6. The number of nitrogens with zero attached hydrogens (tertiary/aromatic N) is 2. The molecule has 4 heterocycles. The summed E-state index contributed by atoms with van der Waals surface area (Å²) in [6, 6.07) is 0.776. The Labute approximate surface area is 192 Å². The van der Waals surface area contributed by atoms with Crippen molar-refractivity contribution in [1.82, 2.24) is 9.80 Å². The molecule has 3 saturated heterocycles. The van der Waals surface area contributed by atoms with Gasteiger partial charge in [-0.3, -0.25) is 4.90 Å². The molecule has 4 bridgehead atoms. The lowest BCUT2D eigenvalue weighted by Gasteiger charge is -2.62. The van der Waals surface area contributed by atoms with Gasteiger partial charge in [0.15, 0.2) is 0 Å². The Morgan fingerprint density at radius 3 is 2.42 bits per heavy atom. The minimum Gasteiger partial charge on any atom is -0.302 e. The lowest BCUT2D eigenvalue weighted by atomic mass is 9.54. The van der Waals surface area contributed by atoms with Gasteiger partial charge < -0.3 is 4.90 Å². The maximum absolute atomic E-state index is 3.00. The van der Waals surface area contributed by atoms with Gasteiger partial charge >= 0.3 is 0 Å². The summed E-state index contributed by atoms with van der Waals surface area (Å²) in [6.07, 6.45) is 30.4. The topological polar surface area (TPSA) is 6.48 Å². The van der Waals surface area contributed by atoms with Gasteiger partial charge in [0.1, 0.15) is 0 Å². The van der Waals surface area contributed by atoms with E-state index in [0.717, 1.165) is 17.9 Å². The highest BCUT2D eigenvalue weighted by atomic mass is 15.2. The molecule has 2 nitrogen and oxygen atoms in total. The van der Waals surface area contributed by atoms with Crippen LogP contribution in [0.15, 0.2) is 23.8 Å². The van der Waals surface area contributed by atoms with Crippen molar-refractivity contribution >= 4 is 0 Å². The van der Waals surface area contributed by atoms with Crippen LogP contribution in [0.1, 0.15) is 103 Å². The van der Waals surface area contributed by atoms with Crippen molar-refractivity contribution in [2.75, 3.05) is 32.7 Å². The van der Waals surface area contributed by atoms with Crippen LogP contribution in [0.5, 0.6) is 0 Å². The summed E-state index contributed by atoms with van der Waals surface area (Å²) in [5.74, 6) is 1.93. The van der Waals surface area contributed by atoms with E-state index < -0.39 is 0 Å². The van der Waals surface area contributed by atoms with Gasteiger partial charge in [0.25, 0.3) is 0 Å². The Bertz CT molecular complexity index is 637. The van der Waals surface area contributed by atoms with E-state index in [1.165, 1.54) is 135 Å². The van der Waals surface area contributed by atoms with E-state index in [9.17, 15) is 0 Å². The van der Waals surface area contributed by atoms with E-state index in [4.69, 9.17) is 0 Å². The fourth-order valence-corrected chi connectivity index (χ4v) is 8.16. The zero-order valence-corrected chi connectivity index (χ0v) is 20.2. The molecule has 5 atom stereocenters. The van der Waals surface area contributed by atoms with Gasteiger partial charge in [-0.2, -0.15) is 0 Å². The maximum Gasteiger partial charge on any atom is 0.0310 e. The first-order valence-corrected chi connectivity index (χ1v) is 14.1. The molecule has 0 N–H and O–H groups in total. The van der Waals surface area contributed by atoms with Gasteiger partial charge in [0.05, 0.1) is 0 Å². The van der Waals surface area contributed by atoms with Crippen LogP contribution in [0.2, 0.25) is 0 Å². The Morgan fingerprint density at radius 1 is 0.774 bits per heavy atom. The molecule has 5 rings (SSSR count). The van der Waals surface area contributed by atoms with E-state index in [-0.39, 0.29) is 0 Å². The summed E-state index contributed by atoms with van der Waals surface area (Å²) >= 11 is 0. The SMILES string of the molecule is C1=C2/C[C@@H]3CN4CCCCCCCCCCC[C@@]5(C4)CN(CCCC/C=C/C/1)[C@@H]2C[C@@H]35. The molecule has 1 spiro atoms. The molecule has 31 heavy (non-hydrogen) atoms. The predicted octanol–water partition coefficient (Wildman–Crippen LogP) is 6.97. The zero-order chi connectivity index (χ0) is 20.9. The molecule has 1 aliphatic carbocycles. The van der Waals surface area contributed by atoms with Crippen LogP contribution in [-0.2, 0) is 0 Å². The van der Waals surface area contributed by atoms with Gasteiger partial charge in [-0.05, 0) is 81.7 Å². The van der Waals surface area contributed by atoms with Crippen molar-refractivity contribution in [2.45, 2.75) is 109 Å². The van der Waals surface area contributed by atoms with Crippen molar-refractivity contribution in [2.24, 2.45) is 17.3 Å². The van der Waals surface area contributed by atoms with Crippen LogP contribution in [-0.4, -0.2) is 48.6 Å². The Morgan fingerprint density at radius 2 is 1.55 bits per heavy atom. The number of fused-ring (bicyclic) bond motifs is 1. The summed E-state index contributed by atoms with van der Waals surface area (Å²) in [5, 5.41) is 0. The molecule has 4 fully saturated rings. The molecule has 5 aliphatic rings. The average Bonchev–Trinajstić information content (AvgIpc) is 2.82. The minimum absolute atomic E-state index is 0.591. The zero-order valence-electron chi connectivity index (χ0n) is 20.2. The van der Waals surface area contributed by atoms with E-state index in [1.807, 2.05) is 5.57 Å². The van der Waals surface area contributed by atoms with Crippen molar-refractivity contribution in [3.8, 4) is 0 Å². The number of piperidine rings is 2. The van der Waals surface area contributed by atoms with Crippen LogP contribution < -0.4 is 0 Å². The van der Waals surface area contributed by atoms with Crippen molar-refractivity contribution in [1.29, 1.82) is 0 Å². The molecular formula is C29H48N2. The quantitative estimate of drug-likeness (QED) is 0.387. The monoisotopic (exact) mass is 424 g/mol. The third-order valence-corrected chi connectivity index (χ3v) is 9.65. The molecule has 1 saturated carbocycles. The molecule has 0 aromatic rings. The minimum atomic E-state index is 0.591. The first kappa shape index (κ1) is 22.2. The fourth-order valence-electron chi connectivity index (χ4n) is 8.16. The third kappa shape index (κ3) is 5.16. The number of hydrogen-bond donors (Lipinski definition) is 0. The molecule has 4 aliphatic heterocycles. The summed E-state index contributed by atoms with van der Waals surface area (Å²) in [7, 11) is 0. The molecule has 2 heteroatoms. The van der Waals surface area contributed by atoms with Gasteiger partial charge in [0.2, 0.25) is 0 Å². The Balaban J connectivity index is 1.40. The van der Waals surface area contributed by atoms with Crippen molar-refractivity contribution in [3.63, 3.8) is 0 Å². The summed E-state index contributed by atoms with van der Waals surface area (Å²) in [5.41, 5.74) is 2.41. The van der Waals surface area contributed by atoms with Crippen LogP contribution >= 0.6 is 0 Å². The van der Waals surface area contributed by atoms with E-state index in [2.05, 4.69) is 28.0 Å². The third-order valence-electron chi connectivity index (χ3n) is 9.65. The summed E-state index contributed by atoms with van der Waals surface area (Å²) < 4.78 is 0. The highest BCUT2D eigenvalue weighted by Gasteiger charge is 2.55. The van der Waals surface area contributed by atoms with Crippen LogP contribution in [0, 0.1) is 17.3 Å². The normalized spacial score (nSPS) is 43.5. The lowest BCUT2D eigenvalue weighted by molar-refractivity contribution is -0.109. The van der Waals surface area contributed by atoms with Crippen LogP contribution in [0.25, 0.3) is 0 Å². The smallest absolute Gasteiger partial charge is 0.0310 e. The Kier molecular flexibility index (Phi) is 7.56. The predicted molar refractivity (Wildman–Crippen MR) is 132 cm³/mol. The van der Waals surface area contributed by atoms with Gasteiger partial charge in [0, 0.05) is 25.7 Å². The Hall–Kier alpha value is -0.600. The first-order valence-electron chi connectivity index (χ1n) is 14.1. The highest BCUT2D eigenvalue weighted by Crippen LogP contribution is 2.55. The first-order chi connectivity index (χ1) is 15.3. The molecule has 0 aromatic heterocycles. The molecule has 0 amide bonds. The number of rotatable bonds is 0. The van der Waals surface area contributed by atoms with Crippen molar-refractivity contribution < 1.29 is 0 Å². The molecule has 0 aromatic carbocycles. The van der Waals surface area contributed by atoms with Crippen molar-refractivity contribution in [3.05, 3.63) is 23.8 Å². The van der Waals surface area contributed by atoms with E-state index in [0.29, 0.717) is 5.41 Å². The molecule has 1 unspecified atom stereocenters.